The number of halogens is 2. The summed E-state index contributed by atoms with van der Waals surface area (Å²) in [5, 5.41) is 5.27. The van der Waals surface area contributed by atoms with Gasteiger partial charge in [0.15, 0.2) is 5.11 Å². The quantitative estimate of drug-likeness (QED) is 0.511. The van der Waals surface area contributed by atoms with E-state index in [1.807, 2.05) is 50.5 Å². The second-order valence-corrected chi connectivity index (χ2v) is 8.68. The molecule has 1 saturated heterocycles. The number of thiocarbonyl (C=S) groups is 1. The average Bonchev–Trinajstić information content (AvgIpc) is 3.31. The lowest BCUT2D eigenvalue weighted by Gasteiger charge is -2.27. The molecule has 156 valence electrons. The smallest absolute Gasteiger partial charge is 0.170 e. The second kappa shape index (κ2) is 8.94. The predicted octanol–water partition coefficient (Wildman–Crippen LogP) is 5.18. The maximum Gasteiger partial charge on any atom is 0.170 e. The fraction of sp³-hybridized carbons (Fsp3) is 0.273. The molecule has 2 atom stereocenters. The molecule has 1 fully saturated rings. The number of nitrogens with one attached hydrogen (secondary N) is 1. The Kier molecular flexibility index (Phi) is 6.29. The summed E-state index contributed by atoms with van der Waals surface area (Å²) in [6, 6.07) is 15.0. The molecule has 3 aromatic rings. The molecule has 8 heteroatoms. The zero-order valence-electron chi connectivity index (χ0n) is 16.7. The van der Waals surface area contributed by atoms with Gasteiger partial charge in [-0.25, -0.2) is 0 Å². The van der Waals surface area contributed by atoms with Crippen molar-refractivity contribution in [3.63, 3.8) is 0 Å². The van der Waals surface area contributed by atoms with Gasteiger partial charge in [-0.3, -0.25) is 4.98 Å². The van der Waals surface area contributed by atoms with Gasteiger partial charge >= 0.3 is 0 Å². The van der Waals surface area contributed by atoms with Gasteiger partial charge in [-0.1, -0.05) is 29.3 Å². The Bertz CT molecular complexity index is 1040. The van der Waals surface area contributed by atoms with E-state index in [9.17, 15) is 0 Å². The van der Waals surface area contributed by atoms with Gasteiger partial charge in [0.05, 0.1) is 16.8 Å². The molecule has 0 aliphatic carbocycles. The average molecular weight is 461 g/mol. The van der Waals surface area contributed by atoms with Crippen LogP contribution in [-0.2, 0) is 0 Å². The van der Waals surface area contributed by atoms with E-state index in [2.05, 4.69) is 20.1 Å². The highest BCUT2D eigenvalue weighted by atomic mass is 35.5. The molecule has 0 radical (unpaired) electrons. The first-order chi connectivity index (χ1) is 14.4. The fourth-order valence-corrected chi connectivity index (χ4v) is 4.44. The van der Waals surface area contributed by atoms with Crippen molar-refractivity contribution in [2.75, 3.05) is 27.2 Å². The van der Waals surface area contributed by atoms with E-state index in [1.54, 1.807) is 18.3 Å². The Morgan fingerprint density at radius 2 is 2.00 bits per heavy atom. The second-order valence-electron chi connectivity index (χ2n) is 7.45. The lowest BCUT2D eigenvalue weighted by molar-refractivity contribution is 0.250. The number of hydrogen-bond donors (Lipinski definition) is 1. The van der Waals surface area contributed by atoms with Gasteiger partial charge < -0.3 is 19.5 Å². The van der Waals surface area contributed by atoms with Crippen LogP contribution in [0.25, 0.3) is 11.3 Å². The lowest BCUT2D eigenvalue weighted by atomic mass is 10.0. The van der Waals surface area contributed by atoms with Gasteiger partial charge in [-0.15, -0.1) is 0 Å². The van der Waals surface area contributed by atoms with Crippen molar-refractivity contribution in [2.45, 2.75) is 12.1 Å². The Morgan fingerprint density at radius 1 is 1.17 bits per heavy atom. The molecule has 2 aromatic heterocycles. The van der Waals surface area contributed by atoms with Crippen LogP contribution in [0.4, 0.5) is 0 Å². The van der Waals surface area contributed by atoms with Crippen LogP contribution in [-0.4, -0.2) is 47.1 Å². The van der Waals surface area contributed by atoms with Crippen molar-refractivity contribution in [1.82, 2.24) is 20.1 Å². The van der Waals surface area contributed by atoms with Crippen molar-refractivity contribution < 1.29 is 4.42 Å². The normalized spacial score (nSPS) is 18.8. The van der Waals surface area contributed by atoms with E-state index in [0.717, 1.165) is 30.1 Å². The standard InChI is InChI=1S/C22H22Cl2N4OS/c1-27(2)11-12-28-21(20(26-22(28)30)17-5-3-4-10-25-17)19-9-8-18(29-19)15-7-6-14(23)13-16(15)24/h3-10,13,20-21H,11-12H2,1-2H3,(H,26,30). The molecule has 1 aromatic carbocycles. The number of pyridine rings is 1. The predicted molar refractivity (Wildman–Crippen MR) is 125 cm³/mol. The van der Waals surface area contributed by atoms with Crippen LogP contribution in [0.1, 0.15) is 23.5 Å². The van der Waals surface area contributed by atoms with Crippen molar-refractivity contribution >= 4 is 40.5 Å². The lowest BCUT2D eigenvalue weighted by Crippen LogP contribution is -2.35. The summed E-state index contributed by atoms with van der Waals surface area (Å²) in [4.78, 5) is 8.85. The molecule has 3 heterocycles. The third-order valence-electron chi connectivity index (χ3n) is 5.10. The first-order valence-electron chi connectivity index (χ1n) is 9.62. The summed E-state index contributed by atoms with van der Waals surface area (Å²) in [6.45, 7) is 1.63. The van der Waals surface area contributed by atoms with Gasteiger partial charge in [0, 0.05) is 29.9 Å². The number of furan rings is 1. The van der Waals surface area contributed by atoms with Gasteiger partial charge in [0.1, 0.15) is 17.6 Å². The summed E-state index contributed by atoms with van der Waals surface area (Å²) < 4.78 is 6.30. The summed E-state index contributed by atoms with van der Waals surface area (Å²) in [5.41, 5.74) is 1.72. The molecule has 2 unspecified atom stereocenters. The third kappa shape index (κ3) is 4.32. The Labute approximate surface area is 191 Å². The molecule has 0 bridgehead atoms. The highest BCUT2D eigenvalue weighted by Crippen LogP contribution is 2.41. The van der Waals surface area contributed by atoms with Gasteiger partial charge in [-0.05, 0) is 68.8 Å². The Balaban J connectivity index is 1.71. The number of nitrogens with zero attached hydrogens (tertiary/aromatic N) is 3. The van der Waals surface area contributed by atoms with Crippen LogP contribution < -0.4 is 5.32 Å². The number of rotatable bonds is 6. The van der Waals surface area contributed by atoms with Crippen LogP contribution in [0.5, 0.6) is 0 Å². The van der Waals surface area contributed by atoms with Gasteiger partial charge in [0.25, 0.3) is 0 Å². The minimum absolute atomic E-state index is 0.111. The molecule has 4 rings (SSSR count). The van der Waals surface area contributed by atoms with Crippen LogP contribution in [0.3, 0.4) is 0 Å². The van der Waals surface area contributed by atoms with Crippen molar-refractivity contribution in [2.24, 2.45) is 0 Å². The molecule has 30 heavy (non-hydrogen) atoms. The van der Waals surface area contributed by atoms with Crippen molar-refractivity contribution in [3.8, 4) is 11.3 Å². The maximum absolute atomic E-state index is 6.39. The van der Waals surface area contributed by atoms with E-state index >= 15 is 0 Å². The summed E-state index contributed by atoms with van der Waals surface area (Å²) in [7, 11) is 4.09. The van der Waals surface area contributed by atoms with Crippen molar-refractivity contribution in [1.29, 1.82) is 0 Å². The Hall–Kier alpha value is -2.12. The molecule has 0 amide bonds. The van der Waals surface area contributed by atoms with Crippen LogP contribution >= 0.6 is 35.4 Å². The van der Waals surface area contributed by atoms with Gasteiger partial charge in [0.2, 0.25) is 0 Å². The first-order valence-corrected chi connectivity index (χ1v) is 10.8. The molecule has 1 N–H and O–H groups in total. The number of hydrogen-bond acceptors (Lipinski definition) is 4. The number of aromatic nitrogens is 1. The SMILES string of the molecule is CN(C)CCN1C(=S)NC(c2ccccn2)C1c1ccc(-c2ccc(Cl)cc2Cl)o1. The number of likely N-dealkylation sites (N-methyl/N-ethyl adjacent to an activating group) is 1. The monoisotopic (exact) mass is 460 g/mol. The van der Waals surface area contributed by atoms with Crippen LogP contribution in [0.2, 0.25) is 10.0 Å². The maximum atomic E-state index is 6.39. The summed E-state index contributed by atoms with van der Waals surface area (Å²) >= 11 is 18.1. The van der Waals surface area contributed by atoms with Crippen molar-refractivity contribution in [3.05, 3.63) is 76.2 Å². The zero-order valence-corrected chi connectivity index (χ0v) is 19.0. The third-order valence-corrected chi connectivity index (χ3v) is 6.00. The summed E-state index contributed by atoms with van der Waals surface area (Å²) in [6.07, 6.45) is 1.79. The first kappa shape index (κ1) is 21.1. The fourth-order valence-electron chi connectivity index (χ4n) is 3.61. The summed E-state index contributed by atoms with van der Waals surface area (Å²) in [5.74, 6) is 1.49. The Morgan fingerprint density at radius 3 is 2.70 bits per heavy atom. The largest absolute Gasteiger partial charge is 0.459 e. The molecular weight excluding hydrogens is 439 g/mol. The van der Waals surface area contributed by atoms with E-state index in [0.29, 0.717) is 20.9 Å². The van der Waals surface area contributed by atoms with E-state index in [4.69, 9.17) is 39.8 Å². The van der Waals surface area contributed by atoms with Gasteiger partial charge in [-0.2, -0.15) is 0 Å². The molecule has 0 spiro atoms. The van der Waals surface area contributed by atoms with E-state index in [1.165, 1.54) is 0 Å². The molecule has 5 nitrogen and oxygen atoms in total. The zero-order chi connectivity index (χ0) is 21.3. The topological polar surface area (TPSA) is 44.5 Å². The molecule has 1 aliphatic rings. The molecule has 0 saturated carbocycles. The minimum Gasteiger partial charge on any atom is -0.459 e. The highest BCUT2D eigenvalue weighted by Gasteiger charge is 2.41. The molecular formula is C22H22Cl2N4OS. The minimum atomic E-state index is -0.118. The number of benzene rings is 1. The van der Waals surface area contributed by atoms with Crippen LogP contribution in [0, 0.1) is 0 Å². The molecule has 1 aliphatic heterocycles. The highest BCUT2D eigenvalue weighted by molar-refractivity contribution is 7.80. The van der Waals surface area contributed by atoms with Crippen LogP contribution in [0.15, 0.2) is 59.1 Å². The van der Waals surface area contributed by atoms with E-state index < -0.39 is 0 Å². The van der Waals surface area contributed by atoms with E-state index in [-0.39, 0.29) is 12.1 Å².